The molecule has 2 nitrogen and oxygen atoms in total. The number of benzene rings is 3. The molecule has 0 radical (unpaired) electrons. The van der Waals surface area contributed by atoms with Crippen LogP contribution in [0, 0.1) is 0 Å². The molecule has 3 rings (SSSR count). The van der Waals surface area contributed by atoms with E-state index in [0.29, 0.717) is 5.32 Å². The zero-order valence-corrected chi connectivity index (χ0v) is 20.3. The van der Waals surface area contributed by atoms with Crippen LogP contribution in [-0.4, -0.2) is 34.2 Å². The maximum atomic E-state index is 11.4. The van der Waals surface area contributed by atoms with Crippen molar-refractivity contribution in [1.82, 2.24) is 0 Å². The molecule has 1 atom stereocenters. The van der Waals surface area contributed by atoms with Crippen LogP contribution < -0.4 is 14.8 Å². The molecular weight excluding hydrogens is 439 g/mol. The molecule has 0 saturated heterocycles. The Kier molecular flexibility index (Phi) is 6.82. The molecule has 0 saturated carbocycles. The van der Waals surface area contributed by atoms with Crippen LogP contribution in [0.1, 0.15) is 27.7 Å². The SMILES string of the molecule is CC(C)(C)[Si](O[C@@](C)(O)C[Se]c1ccccc1)(c1ccccc1)c1ccccc1. The van der Waals surface area contributed by atoms with Crippen LogP contribution in [0.25, 0.3) is 0 Å². The summed E-state index contributed by atoms with van der Waals surface area (Å²) in [5.41, 5.74) is 0. The van der Waals surface area contributed by atoms with Crippen molar-refractivity contribution in [2.45, 2.75) is 43.8 Å². The minimum atomic E-state index is -2.76. The second-order valence-corrected chi connectivity index (χ2v) is 15.0. The van der Waals surface area contributed by atoms with E-state index in [9.17, 15) is 5.11 Å². The van der Waals surface area contributed by atoms with Gasteiger partial charge in [-0.05, 0) is 0 Å². The van der Waals surface area contributed by atoms with Gasteiger partial charge in [0.15, 0.2) is 0 Å². The van der Waals surface area contributed by atoms with E-state index in [2.05, 4.69) is 93.6 Å². The molecule has 0 aliphatic heterocycles. The quantitative estimate of drug-likeness (QED) is 0.422. The summed E-state index contributed by atoms with van der Waals surface area (Å²) >= 11 is 0.135. The van der Waals surface area contributed by atoms with Gasteiger partial charge in [-0.25, -0.2) is 0 Å². The monoisotopic (exact) mass is 470 g/mol. The van der Waals surface area contributed by atoms with Crippen LogP contribution in [0.15, 0.2) is 91.0 Å². The topological polar surface area (TPSA) is 29.5 Å². The Morgan fingerprint density at radius 2 is 1.14 bits per heavy atom. The summed E-state index contributed by atoms with van der Waals surface area (Å²) in [6.07, 6.45) is 0. The average molecular weight is 470 g/mol. The summed E-state index contributed by atoms with van der Waals surface area (Å²) < 4.78 is 8.16. The van der Waals surface area contributed by atoms with Crippen LogP contribution in [0.2, 0.25) is 10.4 Å². The summed E-state index contributed by atoms with van der Waals surface area (Å²) in [5, 5.41) is 14.3. The summed E-state index contributed by atoms with van der Waals surface area (Å²) in [7, 11) is -2.76. The Balaban J connectivity index is 2.03. The Hall–Kier alpha value is -1.68. The number of rotatable bonds is 7. The zero-order valence-electron chi connectivity index (χ0n) is 17.6. The summed E-state index contributed by atoms with van der Waals surface area (Å²) in [6.45, 7) is 8.53. The fourth-order valence-corrected chi connectivity index (χ4v) is 10.4. The molecule has 0 unspecified atom stereocenters. The molecular formula is C25H30O2SeSi. The molecule has 0 amide bonds. The van der Waals surface area contributed by atoms with Gasteiger partial charge in [0.25, 0.3) is 0 Å². The molecule has 0 bridgehead atoms. The standard InChI is InChI=1S/C25H30O2SeSi/c1-24(2,3)29(22-16-10-6-11-17-22,23-18-12-7-13-19-23)27-25(4,26)20-28-21-14-8-5-9-15-21/h5-19,26H,20H2,1-4H3/t25-/m1/s1. The van der Waals surface area contributed by atoms with E-state index in [1.165, 1.54) is 14.8 Å². The van der Waals surface area contributed by atoms with Crippen molar-refractivity contribution >= 4 is 38.1 Å². The Morgan fingerprint density at radius 1 is 0.724 bits per heavy atom. The van der Waals surface area contributed by atoms with Gasteiger partial charge in [-0.2, -0.15) is 0 Å². The van der Waals surface area contributed by atoms with E-state index in [1.54, 1.807) is 0 Å². The molecule has 0 spiro atoms. The van der Waals surface area contributed by atoms with Gasteiger partial charge < -0.3 is 0 Å². The van der Waals surface area contributed by atoms with Crippen molar-refractivity contribution < 1.29 is 9.53 Å². The van der Waals surface area contributed by atoms with Gasteiger partial charge in [-0.1, -0.05) is 0 Å². The Labute approximate surface area is 182 Å². The number of aliphatic hydroxyl groups is 1. The first-order valence-electron chi connectivity index (χ1n) is 9.96. The van der Waals surface area contributed by atoms with E-state index < -0.39 is 14.1 Å². The van der Waals surface area contributed by atoms with Crippen LogP contribution in [0.5, 0.6) is 0 Å². The molecule has 1 N–H and O–H groups in total. The number of hydrogen-bond donors (Lipinski definition) is 1. The van der Waals surface area contributed by atoms with E-state index in [0.717, 1.165) is 0 Å². The third-order valence-electron chi connectivity index (χ3n) is 5.04. The summed E-state index contributed by atoms with van der Waals surface area (Å²) in [5.74, 6) is -1.21. The van der Waals surface area contributed by atoms with E-state index >= 15 is 0 Å². The molecule has 0 fully saturated rings. The first-order chi connectivity index (χ1) is 13.7. The first-order valence-corrected chi connectivity index (χ1v) is 13.9. The summed E-state index contributed by atoms with van der Waals surface area (Å²) in [4.78, 5) is 0. The predicted molar refractivity (Wildman–Crippen MR) is 126 cm³/mol. The van der Waals surface area contributed by atoms with Crippen molar-refractivity contribution in [2.75, 3.05) is 0 Å². The van der Waals surface area contributed by atoms with Crippen molar-refractivity contribution in [3.8, 4) is 0 Å². The molecule has 0 aliphatic rings. The maximum absolute atomic E-state index is 11.4. The Bertz CT molecular complexity index is 851. The van der Waals surface area contributed by atoms with Crippen molar-refractivity contribution in [1.29, 1.82) is 0 Å². The van der Waals surface area contributed by atoms with Gasteiger partial charge in [-0.15, -0.1) is 0 Å². The van der Waals surface area contributed by atoms with Crippen molar-refractivity contribution in [3.05, 3.63) is 91.0 Å². The van der Waals surface area contributed by atoms with Crippen molar-refractivity contribution in [2.24, 2.45) is 0 Å². The first kappa shape index (κ1) is 22.0. The van der Waals surface area contributed by atoms with Gasteiger partial charge in [0.1, 0.15) is 0 Å². The molecule has 3 aromatic rings. The van der Waals surface area contributed by atoms with Gasteiger partial charge in [-0.3, -0.25) is 0 Å². The van der Waals surface area contributed by atoms with Gasteiger partial charge >= 0.3 is 182 Å². The zero-order chi connectivity index (χ0) is 21.0. The third-order valence-corrected chi connectivity index (χ3v) is 12.9. The second kappa shape index (κ2) is 8.99. The second-order valence-electron chi connectivity index (χ2n) is 8.54. The van der Waals surface area contributed by atoms with Crippen molar-refractivity contribution in [3.63, 3.8) is 0 Å². The molecule has 3 aromatic carbocycles. The normalized spacial score (nSPS) is 14.4. The molecule has 152 valence electrons. The fourth-order valence-electron chi connectivity index (χ4n) is 3.74. The van der Waals surface area contributed by atoms with E-state index in [4.69, 9.17) is 4.43 Å². The molecule has 29 heavy (non-hydrogen) atoms. The van der Waals surface area contributed by atoms with Gasteiger partial charge in [0.05, 0.1) is 0 Å². The molecule has 4 heteroatoms. The average Bonchev–Trinajstić information content (AvgIpc) is 2.72. The van der Waals surface area contributed by atoms with E-state index in [1.807, 2.05) is 25.1 Å². The summed E-state index contributed by atoms with van der Waals surface area (Å²) in [6, 6.07) is 31.3. The van der Waals surface area contributed by atoms with E-state index in [-0.39, 0.29) is 20.0 Å². The fraction of sp³-hybridized carbons (Fsp3) is 0.280. The Morgan fingerprint density at radius 3 is 1.55 bits per heavy atom. The minimum absolute atomic E-state index is 0.135. The third kappa shape index (κ3) is 5.09. The number of hydrogen-bond acceptors (Lipinski definition) is 2. The van der Waals surface area contributed by atoms with Crippen LogP contribution in [0.4, 0.5) is 0 Å². The molecule has 0 aliphatic carbocycles. The molecule has 0 aromatic heterocycles. The van der Waals surface area contributed by atoms with Gasteiger partial charge in [0, 0.05) is 0 Å². The van der Waals surface area contributed by atoms with Crippen LogP contribution in [0.3, 0.4) is 0 Å². The predicted octanol–water partition coefficient (Wildman–Crippen LogP) is 3.72. The van der Waals surface area contributed by atoms with Crippen LogP contribution in [-0.2, 0) is 4.43 Å². The van der Waals surface area contributed by atoms with Gasteiger partial charge in [0.2, 0.25) is 0 Å². The van der Waals surface area contributed by atoms with Crippen LogP contribution >= 0.6 is 0 Å². The molecule has 0 heterocycles.